The van der Waals surface area contributed by atoms with Crippen LogP contribution in [0.15, 0.2) is 51.9 Å². The lowest BCUT2D eigenvalue weighted by Crippen LogP contribution is -2.45. The second-order valence-corrected chi connectivity index (χ2v) is 8.49. The fraction of sp³-hybridized carbons (Fsp3) is 0.375. The Bertz CT molecular complexity index is 1370. The molecule has 0 radical (unpaired) electrons. The van der Waals surface area contributed by atoms with Crippen molar-refractivity contribution in [3.05, 3.63) is 58.6 Å². The molecule has 1 fully saturated rings. The number of rotatable bonds is 5. The number of benzene rings is 1. The largest absolute Gasteiger partial charge is 0.350 e. The first-order valence-corrected chi connectivity index (χ1v) is 11.3. The number of fused-ring (bicyclic) bond motifs is 1. The van der Waals surface area contributed by atoms with E-state index in [0.29, 0.717) is 17.0 Å². The molecule has 1 aromatic carbocycles. The Labute approximate surface area is 190 Å². The van der Waals surface area contributed by atoms with Crippen molar-refractivity contribution in [2.24, 2.45) is 0 Å². The Morgan fingerprint density at radius 2 is 2.09 bits per heavy atom. The maximum Gasteiger partial charge on any atom is 0.350 e. The van der Waals surface area contributed by atoms with Crippen molar-refractivity contribution in [1.29, 1.82) is 0 Å². The number of likely N-dealkylation sites (tertiary alicyclic amines) is 1. The van der Waals surface area contributed by atoms with Gasteiger partial charge in [0.2, 0.25) is 11.7 Å². The van der Waals surface area contributed by atoms with Gasteiger partial charge in [0, 0.05) is 24.3 Å². The van der Waals surface area contributed by atoms with Crippen molar-refractivity contribution in [2.75, 3.05) is 6.54 Å². The van der Waals surface area contributed by atoms with Gasteiger partial charge in [0.1, 0.15) is 6.54 Å². The number of hydrogen-bond donors (Lipinski definition) is 0. The lowest BCUT2D eigenvalue weighted by atomic mass is 10.00. The molecular weight excluding hydrogens is 420 g/mol. The van der Waals surface area contributed by atoms with E-state index in [0.717, 1.165) is 43.4 Å². The molecule has 1 aliphatic heterocycles. The number of aromatic nitrogens is 5. The zero-order chi connectivity index (χ0) is 22.9. The summed E-state index contributed by atoms with van der Waals surface area (Å²) in [4.78, 5) is 32.4. The van der Waals surface area contributed by atoms with Gasteiger partial charge >= 0.3 is 5.69 Å². The van der Waals surface area contributed by atoms with Crippen LogP contribution < -0.4 is 5.69 Å². The Kier molecular flexibility index (Phi) is 5.53. The van der Waals surface area contributed by atoms with Gasteiger partial charge in [0.15, 0.2) is 5.65 Å². The summed E-state index contributed by atoms with van der Waals surface area (Å²) in [6.45, 7) is 4.73. The van der Waals surface area contributed by atoms with Crippen molar-refractivity contribution < 1.29 is 9.32 Å². The topological polar surface area (TPSA) is 98.5 Å². The highest BCUT2D eigenvalue weighted by atomic mass is 16.5. The van der Waals surface area contributed by atoms with Crippen molar-refractivity contribution in [3.63, 3.8) is 0 Å². The average molecular weight is 447 g/mol. The molecule has 4 aromatic rings. The minimum atomic E-state index is -0.372. The molecule has 33 heavy (non-hydrogen) atoms. The summed E-state index contributed by atoms with van der Waals surface area (Å²) < 4.78 is 8.14. The van der Waals surface area contributed by atoms with Gasteiger partial charge in [-0.05, 0) is 50.8 Å². The molecule has 9 nitrogen and oxygen atoms in total. The molecule has 5 rings (SSSR count). The number of aryl methyl sites for hydroxylation is 1. The first kappa shape index (κ1) is 21.1. The Morgan fingerprint density at radius 3 is 2.91 bits per heavy atom. The molecule has 1 amide bonds. The number of hydrogen-bond acceptors (Lipinski definition) is 6. The number of carbonyl (C=O) groups is 1. The second-order valence-electron chi connectivity index (χ2n) is 8.49. The molecule has 1 saturated heterocycles. The Morgan fingerprint density at radius 1 is 1.21 bits per heavy atom. The molecule has 0 N–H and O–H groups in total. The summed E-state index contributed by atoms with van der Waals surface area (Å²) in [6.07, 6.45) is 5.67. The van der Waals surface area contributed by atoms with Crippen LogP contribution in [0, 0.1) is 6.92 Å². The van der Waals surface area contributed by atoms with Crippen LogP contribution in [0.4, 0.5) is 0 Å². The molecule has 4 heterocycles. The zero-order valence-electron chi connectivity index (χ0n) is 18.8. The molecule has 0 bridgehead atoms. The van der Waals surface area contributed by atoms with Crippen LogP contribution in [0.1, 0.15) is 38.2 Å². The van der Waals surface area contributed by atoms with Gasteiger partial charge < -0.3 is 9.42 Å². The molecule has 1 atom stereocenters. The molecule has 0 unspecified atom stereocenters. The van der Waals surface area contributed by atoms with Crippen LogP contribution in [0.2, 0.25) is 0 Å². The summed E-state index contributed by atoms with van der Waals surface area (Å²) in [7, 11) is 0. The van der Waals surface area contributed by atoms with Crippen LogP contribution in [0.25, 0.3) is 28.5 Å². The molecule has 0 aliphatic carbocycles. The number of nitrogens with zero attached hydrogens (tertiary/aromatic N) is 6. The van der Waals surface area contributed by atoms with Crippen LogP contribution in [0.3, 0.4) is 0 Å². The van der Waals surface area contributed by atoms with Gasteiger partial charge in [-0.3, -0.25) is 4.79 Å². The van der Waals surface area contributed by atoms with Crippen LogP contribution in [-0.4, -0.2) is 47.7 Å². The van der Waals surface area contributed by atoms with Crippen LogP contribution >= 0.6 is 0 Å². The highest BCUT2D eigenvalue weighted by molar-refractivity contribution is 5.77. The third kappa shape index (κ3) is 3.94. The smallest absolute Gasteiger partial charge is 0.338 e. The Balaban J connectivity index is 1.47. The normalized spacial score (nSPS) is 16.4. The van der Waals surface area contributed by atoms with Gasteiger partial charge in [-0.15, -0.1) is 5.10 Å². The third-order valence-electron chi connectivity index (χ3n) is 6.25. The molecular formula is C24H26N6O3. The summed E-state index contributed by atoms with van der Waals surface area (Å²) in [6, 6.07) is 11.6. The van der Waals surface area contributed by atoms with Crippen molar-refractivity contribution >= 4 is 11.6 Å². The van der Waals surface area contributed by atoms with Gasteiger partial charge in [-0.25, -0.2) is 13.9 Å². The predicted octanol–water partition coefficient (Wildman–Crippen LogP) is 3.31. The standard InChI is InChI=1S/C24H26N6O3/c1-3-18-10-4-5-12-28(18)20(31)15-30-24(32)29-13-7-11-19(22(29)26-30)23-25-21(27-33-23)17-9-6-8-16(2)14-17/h6-9,11,13-14,18H,3-5,10,12,15H2,1-2H3/t18-/m1/s1. The second kappa shape index (κ2) is 8.65. The number of carbonyl (C=O) groups excluding carboxylic acids is 1. The SMILES string of the molecule is CC[C@@H]1CCCCN1C(=O)Cn1nc2c(-c3nc(-c4cccc(C)c4)no3)cccn2c1=O. The minimum Gasteiger partial charge on any atom is -0.338 e. The first-order chi connectivity index (χ1) is 16.0. The van der Waals surface area contributed by atoms with E-state index in [-0.39, 0.29) is 30.1 Å². The van der Waals surface area contributed by atoms with E-state index >= 15 is 0 Å². The third-order valence-corrected chi connectivity index (χ3v) is 6.25. The Hall–Kier alpha value is -3.75. The predicted molar refractivity (Wildman–Crippen MR) is 123 cm³/mol. The summed E-state index contributed by atoms with van der Waals surface area (Å²) in [5.41, 5.74) is 2.48. The number of pyridine rings is 1. The summed E-state index contributed by atoms with van der Waals surface area (Å²) in [5.74, 6) is 0.652. The highest BCUT2D eigenvalue weighted by Crippen LogP contribution is 2.25. The lowest BCUT2D eigenvalue weighted by molar-refractivity contribution is -0.135. The summed E-state index contributed by atoms with van der Waals surface area (Å²) in [5, 5.41) is 8.56. The van der Waals surface area contributed by atoms with Crippen molar-refractivity contribution in [2.45, 2.75) is 52.1 Å². The zero-order valence-corrected chi connectivity index (χ0v) is 18.8. The first-order valence-electron chi connectivity index (χ1n) is 11.3. The van der Waals surface area contributed by atoms with E-state index in [1.165, 1.54) is 9.08 Å². The van der Waals surface area contributed by atoms with Gasteiger partial charge in [0.25, 0.3) is 5.89 Å². The van der Waals surface area contributed by atoms with Gasteiger partial charge in [-0.2, -0.15) is 4.98 Å². The van der Waals surface area contributed by atoms with E-state index in [2.05, 4.69) is 22.2 Å². The number of amides is 1. The molecule has 3 aromatic heterocycles. The average Bonchev–Trinajstić information content (AvgIpc) is 3.44. The van der Waals surface area contributed by atoms with Gasteiger partial charge in [-0.1, -0.05) is 35.8 Å². The summed E-state index contributed by atoms with van der Waals surface area (Å²) >= 11 is 0. The van der Waals surface area contributed by atoms with E-state index in [1.807, 2.05) is 36.1 Å². The van der Waals surface area contributed by atoms with E-state index in [1.54, 1.807) is 18.3 Å². The van der Waals surface area contributed by atoms with Crippen LogP contribution in [0.5, 0.6) is 0 Å². The molecule has 0 saturated carbocycles. The maximum atomic E-state index is 13.0. The fourth-order valence-electron chi connectivity index (χ4n) is 4.51. The minimum absolute atomic E-state index is 0.0758. The van der Waals surface area contributed by atoms with E-state index in [9.17, 15) is 9.59 Å². The van der Waals surface area contributed by atoms with E-state index < -0.39 is 0 Å². The molecule has 170 valence electrons. The molecule has 9 heteroatoms. The molecule has 1 aliphatic rings. The number of piperidine rings is 1. The van der Waals surface area contributed by atoms with Crippen LogP contribution in [-0.2, 0) is 11.3 Å². The lowest BCUT2D eigenvalue weighted by Gasteiger charge is -2.35. The monoisotopic (exact) mass is 446 g/mol. The van der Waals surface area contributed by atoms with E-state index in [4.69, 9.17) is 4.52 Å². The van der Waals surface area contributed by atoms with Gasteiger partial charge in [0.05, 0.1) is 5.56 Å². The molecule has 0 spiro atoms. The fourth-order valence-corrected chi connectivity index (χ4v) is 4.51. The van der Waals surface area contributed by atoms with Crippen molar-refractivity contribution in [3.8, 4) is 22.8 Å². The highest BCUT2D eigenvalue weighted by Gasteiger charge is 2.26. The van der Waals surface area contributed by atoms with Crippen molar-refractivity contribution in [1.82, 2.24) is 29.2 Å². The quantitative estimate of drug-likeness (QED) is 0.466. The maximum absolute atomic E-state index is 13.0.